The van der Waals surface area contributed by atoms with Crippen molar-refractivity contribution in [2.24, 2.45) is 0 Å². The average Bonchev–Trinajstić information content (AvgIpc) is 2.60. The lowest BCUT2D eigenvalue weighted by molar-refractivity contribution is 0.0979. The van der Waals surface area contributed by atoms with Crippen LogP contribution in [0.5, 0.6) is 0 Å². The Morgan fingerprint density at radius 3 is 2.09 bits per heavy atom. The molecule has 22 heavy (non-hydrogen) atoms. The van der Waals surface area contributed by atoms with Gasteiger partial charge in [-0.2, -0.15) is 0 Å². The van der Waals surface area contributed by atoms with Gasteiger partial charge >= 0.3 is 0 Å². The minimum atomic E-state index is -0.167. The monoisotopic (exact) mass is 287 g/mol. The SMILES string of the molecule is O=C1c2ccccc2C(=O)c2c1cccc2-c1ccnnn1. The van der Waals surface area contributed by atoms with E-state index in [0.29, 0.717) is 33.5 Å². The van der Waals surface area contributed by atoms with E-state index < -0.39 is 0 Å². The van der Waals surface area contributed by atoms with Crippen molar-refractivity contribution in [2.75, 3.05) is 0 Å². The summed E-state index contributed by atoms with van der Waals surface area (Å²) in [6.07, 6.45) is 1.50. The third-order valence-electron chi connectivity index (χ3n) is 3.73. The van der Waals surface area contributed by atoms with Crippen molar-refractivity contribution in [3.05, 3.63) is 77.0 Å². The number of ketones is 2. The lowest BCUT2D eigenvalue weighted by Crippen LogP contribution is -2.21. The Balaban J connectivity index is 2.02. The van der Waals surface area contributed by atoms with Gasteiger partial charge in [-0.1, -0.05) is 42.5 Å². The third-order valence-corrected chi connectivity index (χ3v) is 3.73. The number of aromatic nitrogens is 3. The van der Waals surface area contributed by atoms with Gasteiger partial charge in [-0.3, -0.25) is 9.59 Å². The number of benzene rings is 2. The van der Waals surface area contributed by atoms with E-state index >= 15 is 0 Å². The van der Waals surface area contributed by atoms with Crippen LogP contribution in [0.15, 0.2) is 54.7 Å². The first-order valence-electron chi connectivity index (χ1n) is 6.73. The van der Waals surface area contributed by atoms with Gasteiger partial charge in [0.05, 0.1) is 11.9 Å². The fourth-order valence-corrected chi connectivity index (χ4v) is 2.74. The molecule has 2 aromatic carbocycles. The van der Waals surface area contributed by atoms with Crippen LogP contribution in [0.3, 0.4) is 0 Å². The topological polar surface area (TPSA) is 72.8 Å². The van der Waals surface area contributed by atoms with Gasteiger partial charge < -0.3 is 0 Å². The normalized spacial score (nSPS) is 12.7. The molecule has 0 fully saturated rings. The molecule has 1 heterocycles. The van der Waals surface area contributed by atoms with E-state index in [2.05, 4.69) is 15.4 Å². The number of fused-ring (bicyclic) bond motifs is 2. The highest BCUT2D eigenvalue weighted by Crippen LogP contribution is 2.33. The van der Waals surface area contributed by atoms with Gasteiger partial charge in [-0.15, -0.1) is 10.2 Å². The molecule has 0 aliphatic heterocycles. The van der Waals surface area contributed by atoms with Crippen LogP contribution in [0.25, 0.3) is 11.3 Å². The van der Waals surface area contributed by atoms with Crippen molar-refractivity contribution in [2.45, 2.75) is 0 Å². The van der Waals surface area contributed by atoms with Gasteiger partial charge in [-0.05, 0) is 11.3 Å². The maximum atomic E-state index is 12.8. The van der Waals surface area contributed by atoms with Crippen molar-refractivity contribution < 1.29 is 9.59 Å². The van der Waals surface area contributed by atoms with E-state index in [9.17, 15) is 9.59 Å². The zero-order valence-electron chi connectivity index (χ0n) is 11.4. The van der Waals surface area contributed by atoms with E-state index in [1.165, 1.54) is 6.20 Å². The molecular weight excluding hydrogens is 278 g/mol. The van der Waals surface area contributed by atoms with E-state index in [4.69, 9.17) is 0 Å². The molecule has 104 valence electrons. The highest BCUT2D eigenvalue weighted by Gasteiger charge is 2.31. The lowest BCUT2D eigenvalue weighted by Gasteiger charge is -2.19. The second kappa shape index (κ2) is 4.66. The number of nitrogens with zero attached hydrogens (tertiary/aromatic N) is 3. The average molecular weight is 287 g/mol. The van der Waals surface area contributed by atoms with Crippen molar-refractivity contribution in [3.63, 3.8) is 0 Å². The molecule has 0 radical (unpaired) electrons. The molecule has 5 heteroatoms. The summed E-state index contributed by atoms with van der Waals surface area (Å²) in [7, 11) is 0. The maximum absolute atomic E-state index is 12.8. The van der Waals surface area contributed by atoms with Crippen LogP contribution in [0.2, 0.25) is 0 Å². The molecule has 0 saturated heterocycles. The molecule has 0 spiro atoms. The smallest absolute Gasteiger partial charge is 0.195 e. The van der Waals surface area contributed by atoms with Crippen LogP contribution in [-0.2, 0) is 0 Å². The maximum Gasteiger partial charge on any atom is 0.195 e. The molecule has 0 unspecified atom stereocenters. The van der Waals surface area contributed by atoms with Crippen molar-refractivity contribution in [1.29, 1.82) is 0 Å². The number of carbonyl (C=O) groups is 2. The highest BCUT2D eigenvalue weighted by atomic mass is 16.1. The second-order valence-corrected chi connectivity index (χ2v) is 4.94. The fourth-order valence-electron chi connectivity index (χ4n) is 2.74. The van der Waals surface area contributed by atoms with E-state index in [1.54, 1.807) is 48.5 Å². The van der Waals surface area contributed by atoms with Crippen molar-refractivity contribution in [3.8, 4) is 11.3 Å². The van der Waals surface area contributed by atoms with Gasteiger partial charge in [-0.25, -0.2) is 0 Å². The van der Waals surface area contributed by atoms with Crippen LogP contribution in [0.4, 0.5) is 0 Å². The van der Waals surface area contributed by atoms with Crippen LogP contribution >= 0.6 is 0 Å². The number of hydrogen-bond donors (Lipinski definition) is 0. The molecule has 4 rings (SSSR count). The van der Waals surface area contributed by atoms with Crippen LogP contribution in [-0.4, -0.2) is 27.0 Å². The molecule has 1 aliphatic rings. The van der Waals surface area contributed by atoms with Gasteiger partial charge in [0.25, 0.3) is 0 Å². The molecule has 5 nitrogen and oxygen atoms in total. The zero-order valence-corrected chi connectivity index (χ0v) is 11.4. The minimum absolute atomic E-state index is 0.144. The summed E-state index contributed by atoms with van der Waals surface area (Å²) in [6, 6.07) is 13.7. The Morgan fingerprint density at radius 1 is 0.682 bits per heavy atom. The minimum Gasteiger partial charge on any atom is -0.289 e. The molecule has 1 aromatic heterocycles. The molecule has 0 saturated carbocycles. The predicted octanol–water partition coefficient (Wildman–Crippen LogP) is 2.31. The first-order valence-corrected chi connectivity index (χ1v) is 6.73. The second-order valence-electron chi connectivity index (χ2n) is 4.94. The summed E-state index contributed by atoms with van der Waals surface area (Å²) in [5.74, 6) is -0.312. The Kier molecular flexibility index (Phi) is 2.66. The lowest BCUT2D eigenvalue weighted by atomic mass is 9.81. The van der Waals surface area contributed by atoms with Crippen molar-refractivity contribution in [1.82, 2.24) is 15.4 Å². The van der Waals surface area contributed by atoms with E-state index in [-0.39, 0.29) is 11.6 Å². The van der Waals surface area contributed by atoms with Crippen LogP contribution in [0, 0.1) is 0 Å². The predicted molar refractivity (Wildman–Crippen MR) is 78.6 cm³/mol. The first-order chi connectivity index (χ1) is 10.8. The van der Waals surface area contributed by atoms with Crippen LogP contribution < -0.4 is 0 Å². The molecule has 0 amide bonds. The molecule has 3 aromatic rings. The summed E-state index contributed by atoms with van der Waals surface area (Å²) in [5, 5.41) is 11.2. The summed E-state index contributed by atoms with van der Waals surface area (Å²) >= 11 is 0. The summed E-state index contributed by atoms with van der Waals surface area (Å²) in [4.78, 5) is 25.5. The zero-order chi connectivity index (χ0) is 15.1. The van der Waals surface area contributed by atoms with Gasteiger partial charge in [0.2, 0.25) is 0 Å². The van der Waals surface area contributed by atoms with Crippen LogP contribution in [0.1, 0.15) is 31.8 Å². The third kappa shape index (κ3) is 1.69. The quantitative estimate of drug-likeness (QED) is 0.537. The number of carbonyl (C=O) groups excluding carboxylic acids is 2. The Bertz CT molecular complexity index is 920. The van der Waals surface area contributed by atoms with Gasteiger partial charge in [0.1, 0.15) is 0 Å². The van der Waals surface area contributed by atoms with E-state index in [1.807, 2.05) is 0 Å². The Morgan fingerprint density at radius 2 is 1.36 bits per heavy atom. The molecular formula is C17H9N3O2. The molecule has 0 N–H and O–H groups in total. The summed E-state index contributed by atoms with van der Waals surface area (Å²) in [6.45, 7) is 0. The largest absolute Gasteiger partial charge is 0.289 e. The first kappa shape index (κ1) is 12.5. The number of hydrogen-bond acceptors (Lipinski definition) is 5. The summed E-state index contributed by atoms with van der Waals surface area (Å²) in [5.41, 5.74) is 2.77. The Hall–Kier alpha value is -3.21. The fraction of sp³-hybridized carbons (Fsp3) is 0. The molecule has 0 bridgehead atoms. The van der Waals surface area contributed by atoms with Crippen molar-refractivity contribution >= 4 is 11.6 Å². The molecule has 1 aliphatic carbocycles. The van der Waals surface area contributed by atoms with Gasteiger partial charge in [0.15, 0.2) is 11.6 Å². The van der Waals surface area contributed by atoms with Gasteiger partial charge in [0, 0.05) is 27.8 Å². The standard InChI is InChI=1S/C17H9N3O2/c21-16-10-4-1-2-5-11(10)17(22)15-12(6-3-7-13(15)16)14-8-9-18-20-19-14/h1-9H. The molecule has 0 atom stereocenters. The Labute approximate surface area is 125 Å². The number of rotatable bonds is 1. The summed E-state index contributed by atoms with van der Waals surface area (Å²) < 4.78 is 0. The van der Waals surface area contributed by atoms with E-state index in [0.717, 1.165) is 0 Å². The highest BCUT2D eigenvalue weighted by molar-refractivity contribution is 6.30.